The molecule has 0 spiro atoms. The second kappa shape index (κ2) is 11.4. The van der Waals surface area contributed by atoms with Crippen molar-refractivity contribution in [1.29, 1.82) is 0 Å². The zero-order valence-electron chi connectivity index (χ0n) is 21.9. The molecule has 10 nitrogen and oxygen atoms in total. The van der Waals surface area contributed by atoms with E-state index < -0.39 is 29.4 Å². The molecule has 0 saturated carbocycles. The smallest absolute Gasteiger partial charge is 0.328 e. The van der Waals surface area contributed by atoms with Gasteiger partial charge in [0.25, 0.3) is 5.91 Å². The van der Waals surface area contributed by atoms with Gasteiger partial charge < -0.3 is 26.0 Å². The van der Waals surface area contributed by atoms with E-state index in [2.05, 4.69) is 16.0 Å². The van der Waals surface area contributed by atoms with Crippen molar-refractivity contribution in [3.05, 3.63) is 59.7 Å². The van der Waals surface area contributed by atoms with Gasteiger partial charge in [0.15, 0.2) is 0 Å². The molecular weight excluding hydrogens is 474 g/mol. The number of aliphatic hydroxyl groups is 1. The van der Waals surface area contributed by atoms with E-state index in [0.29, 0.717) is 17.8 Å². The summed E-state index contributed by atoms with van der Waals surface area (Å²) in [6.45, 7) is 8.54. The largest absolute Gasteiger partial charge is 0.396 e. The second-order valence-corrected chi connectivity index (χ2v) is 9.79. The Labute approximate surface area is 217 Å². The van der Waals surface area contributed by atoms with Crippen molar-refractivity contribution in [3.63, 3.8) is 0 Å². The normalized spacial score (nSPS) is 16.4. The zero-order chi connectivity index (χ0) is 27.3. The Hall–Kier alpha value is -3.92. The first-order chi connectivity index (χ1) is 17.4. The van der Waals surface area contributed by atoms with Gasteiger partial charge in [0.2, 0.25) is 5.91 Å². The molecule has 1 fully saturated rings. The lowest BCUT2D eigenvalue weighted by molar-refractivity contribution is -0.138. The quantitative estimate of drug-likeness (QED) is 0.385. The van der Waals surface area contributed by atoms with Crippen molar-refractivity contribution in [2.75, 3.05) is 17.2 Å². The molecule has 4 N–H and O–H groups in total. The van der Waals surface area contributed by atoms with Crippen molar-refractivity contribution in [2.45, 2.75) is 65.2 Å². The molecule has 2 atom stereocenters. The van der Waals surface area contributed by atoms with E-state index in [1.165, 1.54) is 11.8 Å². The van der Waals surface area contributed by atoms with Crippen LogP contribution in [0.2, 0.25) is 0 Å². The van der Waals surface area contributed by atoms with E-state index >= 15 is 0 Å². The molecule has 198 valence electrons. The molecule has 1 saturated heterocycles. The summed E-state index contributed by atoms with van der Waals surface area (Å²) in [4.78, 5) is 53.8. The van der Waals surface area contributed by atoms with Crippen LogP contribution in [0.5, 0.6) is 0 Å². The first-order valence-electron chi connectivity index (χ1n) is 12.2. The van der Waals surface area contributed by atoms with Crippen LogP contribution in [0.15, 0.2) is 48.5 Å². The van der Waals surface area contributed by atoms with Gasteiger partial charge in [0.05, 0.1) is 0 Å². The summed E-state index contributed by atoms with van der Waals surface area (Å²) in [5.74, 6) is -0.916. The molecule has 0 bridgehead atoms. The number of hydrogen-bond acceptors (Lipinski definition) is 5. The fourth-order valence-electron chi connectivity index (χ4n) is 4.09. The lowest BCUT2D eigenvalue weighted by Crippen LogP contribution is -2.51. The van der Waals surface area contributed by atoms with Crippen LogP contribution in [0.4, 0.5) is 21.0 Å². The summed E-state index contributed by atoms with van der Waals surface area (Å²) < 4.78 is 0. The lowest BCUT2D eigenvalue weighted by Gasteiger charge is -2.27. The molecule has 1 heterocycles. The summed E-state index contributed by atoms with van der Waals surface area (Å²) >= 11 is 0. The standard InChI is InChI=1S/C27H35N5O5/c1-17-8-6-7-9-22(17)30-25(36)29-21-12-10-20(11-13-21)16-31-26(37)32(24(35)27(31,4)5)19(3)23(34)28-18(2)14-15-33/h6-13,18-19,33H,14-16H2,1-5H3,(H,28,34)(H2,29,30,36)/t18-,19+/m1/s1. The third-order valence-electron chi connectivity index (χ3n) is 6.52. The van der Waals surface area contributed by atoms with Crippen molar-refractivity contribution in [2.24, 2.45) is 0 Å². The van der Waals surface area contributed by atoms with Gasteiger partial charge in [0.1, 0.15) is 11.6 Å². The van der Waals surface area contributed by atoms with Crippen molar-refractivity contribution in [1.82, 2.24) is 15.1 Å². The summed E-state index contributed by atoms with van der Waals surface area (Å²) in [5.41, 5.74) is 1.84. The number of rotatable bonds is 9. The number of nitrogens with zero attached hydrogens (tertiary/aromatic N) is 2. The first-order valence-corrected chi connectivity index (χ1v) is 12.2. The molecule has 37 heavy (non-hydrogen) atoms. The van der Waals surface area contributed by atoms with Crippen LogP contribution in [-0.4, -0.2) is 63.0 Å². The maximum atomic E-state index is 13.3. The highest BCUT2D eigenvalue weighted by Gasteiger charge is 2.53. The lowest BCUT2D eigenvalue weighted by atomic mass is 10.0. The molecule has 0 radical (unpaired) electrons. The number of amides is 6. The van der Waals surface area contributed by atoms with Crippen molar-refractivity contribution < 1.29 is 24.3 Å². The number of para-hydroxylation sites is 1. The maximum Gasteiger partial charge on any atom is 0.328 e. The molecule has 10 heteroatoms. The third-order valence-corrected chi connectivity index (χ3v) is 6.52. The Kier molecular flexibility index (Phi) is 8.54. The van der Waals surface area contributed by atoms with Gasteiger partial charge in [-0.1, -0.05) is 30.3 Å². The number of carbonyl (C=O) groups is 4. The highest BCUT2D eigenvalue weighted by molar-refractivity contribution is 6.09. The minimum atomic E-state index is -1.15. The number of aryl methyl sites for hydroxylation is 1. The van der Waals surface area contributed by atoms with E-state index in [1.54, 1.807) is 45.0 Å². The molecule has 1 aliphatic rings. The van der Waals surface area contributed by atoms with Crippen LogP contribution in [-0.2, 0) is 16.1 Å². The third kappa shape index (κ3) is 6.26. The SMILES string of the molecule is Cc1ccccc1NC(=O)Nc1ccc(CN2C(=O)N([C@@H](C)C(=O)N[C@H](C)CCO)C(=O)C2(C)C)cc1. The number of imide groups is 1. The zero-order valence-corrected chi connectivity index (χ0v) is 21.9. The summed E-state index contributed by atoms with van der Waals surface area (Å²) in [7, 11) is 0. The van der Waals surface area contributed by atoms with Crippen LogP contribution in [0.1, 0.15) is 45.2 Å². The highest BCUT2D eigenvalue weighted by atomic mass is 16.3. The average molecular weight is 510 g/mol. The molecule has 1 aliphatic heterocycles. The van der Waals surface area contributed by atoms with Gasteiger partial charge in [-0.15, -0.1) is 0 Å². The molecule has 0 aromatic heterocycles. The fraction of sp³-hybridized carbons (Fsp3) is 0.407. The van der Waals surface area contributed by atoms with Gasteiger partial charge in [-0.2, -0.15) is 0 Å². The summed E-state index contributed by atoms with van der Waals surface area (Å²) in [5, 5.41) is 17.4. The fourth-order valence-corrected chi connectivity index (χ4v) is 4.09. The number of hydrogen-bond donors (Lipinski definition) is 4. The van der Waals surface area contributed by atoms with E-state index in [4.69, 9.17) is 5.11 Å². The van der Waals surface area contributed by atoms with Gasteiger partial charge in [-0.25, -0.2) is 14.5 Å². The molecule has 3 rings (SSSR count). The highest BCUT2D eigenvalue weighted by Crippen LogP contribution is 2.31. The minimum absolute atomic E-state index is 0.0795. The average Bonchev–Trinajstić information content (AvgIpc) is 3.00. The van der Waals surface area contributed by atoms with Crippen LogP contribution >= 0.6 is 0 Å². The van der Waals surface area contributed by atoms with Crippen LogP contribution in [0, 0.1) is 6.92 Å². The number of nitrogens with one attached hydrogen (secondary N) is 3. The van der Waals surface area contributed by atoms with E-state index in [0.717, 1.165) is 16.0 Å². The van der Waals surface area contributed by atoms with Crippen molar-refractivity contribution >= 4 is 35.3 Å². The predicted octanol–water partition coefficient (Wildman–Crippen LogP) is 3.46. The first kappa shape index (κ1) is 27.7. The van der Waals surface area contributed by atoms with Crippen LogP contribution in [0.25, 0.3) is 0 Å². The van der Waals surface area contributed by atoms with Crippen LogP contribution in [0.3, 0.4) is 0 Å². The monoisotopic (exact) mass is 509 g/mol. The predicted molar refractivity (Wildman–Crippen MR) is 141 cm³/mol. The molecule has 2 aromatic rings. The summed E-state index contributed by atoms with van der Waals surface area (Å²) in [6.07, 6.45) is 0.371. The Morgan fingerprint density at radius 1 is 1.00 bits per heavy atom. The number of aliphatic hydroxyl groups excluding tert-OH is 1. The Bertz CT molecular complexity index is 1160. The van der Waals surface area contributed by atoms with E-state index in [9.17, 15) is 19.2 Å². The molecule has 2 aromatic carbocycles. The van der Waals surface area contributed by atoms with Crippen LogP contribution < -0.4 is 16.0 Å². The van der Waals surface area contributed by atoms with Gasteiger partial charge in [0, 0.05) is 30.6 Å². The van der Waals surface area contributed by atoms with Gasteiger partial charge in [-0.3, -0.25) is 9.59 Å². The summed E-state index contributed by atoms with van der Waals surface area (Å²) in [6, 6.07) is 12.2. The molecular formula is C27H35N5O5. The Morgan fingerprint density at radius 2 is 1.65 bits per heavy atom. The second-order valence-electron chi connectivity index (χ2n) is 9.79. The molecule has 0 unspecified atom stereocenters. The minimum Gasteiger partial charge on any atom is -0.396 e. The Balaban J connectivity index is 1.66. The molecule has 0 aliphatic carbocycles. The molecule has 6 amide bonds. The van der Waals surface area contributed by atoms with E-state index in [-0.39, 0.29) is 25.2 Å². The van der Waals surface area contributed by atoms with Gasteiger partial charge >= 0.3 is 12.1 Å². The van der Waals surface area contributed by atoms with Crippen molar-refractivity contribution in [3.8, 4) is 0 Å². The van der Waals surface area contributed by atoms with Gasteiger partial charge in [-0.05, 0) is 70.4 Å². The Morgan fingerprint density at radius 3 is 2.27 bits per heavy atom. The topological polar surface area (TPSA) is 131 Å². The number of carbonyl (C=O) groups excluding carboxylic acids is 4. The maximum absolute atomic E-state index is 13.3. The number of urea groups is 2. The number of anilines is 2. The van der Waals surface area contributed by atoms with E-state index in [1.807, 2.05) is 31.2 Å². The number of benzene rings is 2.